The highest BCUT2D eigenvalue weighted by atomic mass is 79.9. The molecule has 0 unspecified atom stereocenters. The van der Waals surface area contributed by atoms with Crippen LogP contribution in [-0.2, 0) is 25.7 Å². The van der Waals surface area contributed by atoms with E-state index in [2.05, 4.69) is 119 Å². The molecule has 0 aromatic heterocycles. The first-order valence-corrected chi connectivity index (χ1v) is 20.0. The first-order chi connectivity index (χ1) is 23.7. The molecule has 0 spiro atoms. The van der Waals surface area contributed by atoms with Crippen LogP contribution in [0.1, 0.15) is 96.9 Å². The van der Waals surface area contributed by atoms with Crippen LogP contribution in [0.3, 0.4) is 0 Å². The van der Waals surface area contributed by atoms with Crippen molar-refractivity contribution in [3.05, 3.63) is 117 Å². The highest BCUT2D eigenvalue weighted by Gasteiger charge is 2.21. The van der Waals surface area contributed by atoms with Crippen molar-refractivity contribution in [3.8, 4) is 23.0 Å². The Hall–Kier alpha value is -2.96. The zero-order valence-electron chi connectivity index (χ0n) is 28.6. The number of hydrogen-bond acceptors (Lipinski definition) is 4. The lowest BCUT2D eigenvalue weighted by Crippen LogP contribution is -2.10. The van der Waals surface area contributed by atoms with Crippen molar-refractivity contribution in [2.24, 2.45) is 0 Å². The molecule has 0 saturated heterocycles. The summed E-state index contributed by atoms with van der Waals surface area (Å²) in [5.74, 6) is 3.95. The smallest absolute Gasteiger partial charge is 0.126 e. The van der Waals surface area contributed by atoms with Gasteiger partial charge in [-0.3, -0.25) is 0 Å². The number of benzene rings is 4. The zero-order chi connectivity index (χ0) is 33.6. The highest BCUT2D eigenvalue weighted by Crippen LogP contribution is 2.39. The SMILES string of the molecule is CCCOc1c2cccc1Cc1cccc(c1OCCCCBr)Cc1cccc(c1OCCC)Cc1cccc(c1OCCCCBr)C2. The van der Waals surface area contributed by atoms with Gasteiger partial charge in [0.15, 0.2) is 0 Å². The van der Waals surface area contributed by atoms with Crippen molar-refractivity contribution >= 4 is 31.9 Å². The van der Waals surface area contributed by atoms with Gasteiger partial charge in [-0.15, -0.1) is 0 Å². The Bertz CT molecular complexity index is 1400. The number of alkyl halides is 2. The van der Waals surface area contributed by atoms with Gasteiger partial charge in [-0.2, -0.15) is 0 Å². The summed E-state index contributed by atoms with van der Waals surface area (Å²) < 4.78 is 26.6. The third kappa shape index (κ3) is 9.59. The van der Waals surface area contributed by atoms with Crippen molar-refractivity contribution in [2.45, 2.75) is 78.1 Å². The van der Waals surface area contributed by atoms with E-state index in [9.17, 15) is 0 Å². The molecule has 256 valence electrons. The molecule has 0 atom stereocenters. The lowest BCUT2D eigenvalue weighted by molar-refractivity contribution is 0.300. The van der Waals surface area contributed by atoms with Crippen molar-refractivity contribution in [3.63, 3.8) is 0 Å². The number of para-hydroxylation sites is 4. The molecule has 0 fully saturated rings. The minimum Gasteiger partial charge on any atom is -0.493 e. The third-order valence-electron chi connectivity index (χ3n) is 8.69. The van der Waals surface area contributed by atoms with Crippen LogP contribution in [0.2, 0.25) is 0 Å². The summed E-state index contributed by atoms with van der Waals surface area (Å²) in [5, 5.41) is 1.96. The molecular weight excluding hydrogens is 728 g/mol. The van der Waals surface area contributed by atoms with Crippen LogP contribution in [0.5, 0.6) is 23.0 Å². The fourth-order valence-corrected chi connectivity index (χ4v) is 7.17. The van der Waals surface area contributed by atoms with E-state index in [4.69, 9.17) is 18.9 Å². The fourth-order valence-electron chi connectivity index (χ4n) is 6.38. The molecule has 1 aliphatic carbocycles. The van der Waals surface area contributed by atoms with Crippen LogP contribution in [-0.4, -0.2) is 37.1 Å². The Balaban J connectivity index is 1.69. The number of hydrogen-bond donors (Lipinski definition) is 0. The largest absolute Gasteiger partial charge is 0.493 e. The van der Waals surface area contributed by atoms with Gasteiger partial charge in [0.05, 0.1) is 26.4 Å². The number of unbranched alkanes of at least 4 members (excludes halogenated alkanes) is 2. The molecule has 5 rings (SSSR count). The minimum atomic E-state index is 0.672. The van der Waals surface area contributed by atoms with Crippen molar-refractivity contribution in [2.75, 3.05) is 37.1 Å². The maximum atomic E-state index is 6.68. The molecule has 4 aromatic rings. The van der Waals surface area contributed by atoms with E-state index in [0.29, 0.717) is 26.4 Å². The number of ether oxygens (including phenoxy) is 4. The van der Waals surface area contributed by atoms with Crippen LogP contribution in [0, 0.1) is 0 Å². The van der Waals surface area contributed by atoms with E-state index in [1.165, 1.54) is 44.5 Å². The summed E-state index contributed by atoms with van der Waals surface area (Å²) in [6.45, 7) is 7.04. The Morgan fingerprint density at radius 2 is 0.646 bits per heavy atom. The lowest BCUT2D eigenvalue weighted by atomic mass is 9.91. The molecule has 1 aliphatic rings. The summed E-state index contributed by atoms with van der Waals surface area (Å²) in [4.78, 5) is 0. The summed E-state index contributed by atoms with van der Waals surface area (Å²) in [6, 6.07) is 26.4. The molecule has 0 amide bonds. The molecular formula is C42H50Br2O4. The molecule has 4 aromatic carbocycles. The van der Waals surface area contributed by atoms with Crippen molar-refractivity contribution < 1.29 is 18.9 Å². The highest BCUT2D eigenvalue weighted by molar-refractivity contribution is 9.09. The topological polar surface area (TPSA) is 36.9 Å². The van der Waals surface area contributed by atoms with Gasteiger partial charge in [0.1, 0.15) is 23.0 Å². The fraction of sp³-hybridized carbons (Fsp3) is 0.429. The monoisotopic (exact) mass is 776 g/mol. The summed E-state index contributed by atoms with van der Waals surface area (Å²) in [6.07, 6.45) is 8.95. The summed E-state index contributed by atoms with van der Waals surface area (Å²) in [5.41, 5.74) is 9.45. The van der Waals surface area contributed by atoms with Gasteiger partial charge in [-0.05, 0) is 83.0 Å². The third-order valence-corrected chi connectivity index (χ3v) is 9.81. The van der Waals surface area contributed by atoms with Gasteiger partial charge >= 0.3 is 0 Å². The predicted molar refractivity (Wildman–Crippen MR) is 206 cm³/mol. The quantitative estimate of drug-likeness (QED) is 0.0738. The molecule has 0 radical (unpaired) electrons. The van der Waals surface area contributed by atoms with E-state index in [0.717, 1.165) is 97.9 Å². The second-order valence-corrected chi connectivity index (χ2v) is 14.1. The standard InChI is InChI=1S/C42H50Br2O4/c1-3-23-45-39-31-13-9-14-32(39)28-36-18-12-20-38(42(36)48-26-8-6-22-44)30-34-16-10-15-33(40(34)46-24-4-2)29-37-19-11-17-35(27-31)41(37)47-25-7-5-21-43/h9-20H,3-8,21-30H2,1-2H3. The van der Waals surface area contributed by atoms with Gasteiger partial charge < -0.3 is 18.9 Å². The van der Waals surface area contributed by atoms with E-state index >= 15 is 0 Å². The van der Waals surface area contributed by atoms with Crippen LogP contribution in [0.25, 0.3) is 0 Å². The van der Waals surface area contributed by atoms with Gasteiger partial charge in [-0.25, -0.2) is 0 Å². The van der Waals surface area contributed by atoms with Gasteiger partial charge in [0.2, 0.25) is 0 Å². The molecule has 0 heterocycles. The first kappa shape index (κ1) is 36.3. The Kier molecular flexibility index (Phi) is 14.6. The Morgan fingerprint density at radius 3 is 0.875 bits per heavy atom. The maximum absolute atomic E-state index is 6.68. The number of fused-ring (bicyclic) bond motifs is 8. The van der Waals surface area contributed by atoms with Crippen LogP contribution < -0.4 is 18.9 Å². The number of halogens is 2. The Labute approximate surface area is 304 Å². The predicted octanol–water partition coefficient (Wildman–Crippen LogP) is 11.0. The van der Waals surface area contributed by atoms with Crippen molar-refractivity contribution in [1.82, 2.24) is 0 Å². The molecule has 4 nitrogen and oxygen atoms in total. The lowest BCUT2D eigenvalue weighted by Gasteiger charge is -2.22. The van der Waals surface area contributed by atoms with Gasteiger partial charge in [-0.1, -0.05) is 119 Å². The van der Waals surface area contributed by atoms with E-state index in [-0.39, 0.29) is 0 Å². The molecule has 8 bridgehead atoms. The minimum absolute atomic E-state index is 0.672. The molecule has 0 saturated carbocycles. The zero-order valence-corrected chi connectivity index (χ0v) is 31.8. The summed E-state index contributed by atoms with van der Waals surface area (Å²) >= 11 is 7.17. The van der Waals surface area contributed by atoms with E-state index in [1.54, 1.807) is 0 Å². The number of rotatable bonds is 16. The molecule has 6 heteroatoms. The molecule has 48 heavy (non-hydrogen) atoms. The normalized spacial score (nSPS) is 12.4. The second kappa shape index (κ2) is 19.3. The van der Waals surface area contributed by atoms with Crippen molar-refractivity contribution in [1.29, 1.82) is 0 Å². The van der Waals surface area contributed by atoms with Gasteiger partial charge in [0.25, 0.3) is 0 Å². The van der Waals surface area contributed by atoms with Crippen LogP contribution >= 0.6 is 31.9 Å². The Morgan fingerprint density at radius 1 is 0.396 bits per heavy atom. The summed E-state index contributed by atoms with van der Waals surface area (Å²) in [7, 11) is 0. The maximum Gasteiger partial charge on any atom is 0.126 e. The molecule has 0 N–H and O–H groups in total. The average Bonchev–Trinajstić information content (AvgIpc) is 3.09. The molecule has 0 aliphatic heterocycles. The first-order valence-electron chi connectivity index (χ1n) is 17.7. The second-order valence-electron chi connectivity index (χ2n) is 12.5. The average molecular weight is 779 g/mol. The van der Waals surface area contributed by atoms with Crippen LogP contribution in [0.4, 0.5) is 0 Å². The van der Waals surface area contributed by atoms with Gasteiger partial charge in [0, 0.05) is 36.3 Å². The van der Waals surface area contributed by atoms with Crippen LogP contribution in [0.15, 0.2) is 72.8 Å². The van der Waals surface area contributed by atoms with E-state index in [1.807, 2.05) is 0 Å². The van der Waals surface area contributed by atoms with E-state index < -0.39 is 0 Å².